The molecule has 2 rings (SSSR count). The van der Waals surface area contributed by atoms with Gasteiger partial charge in [-0.05, 0) is 33.3 Å². The van der Waals surface area contributed by atoms with Crippen LogP contribution in [0, 0.1) is 13.8 Å². The van der Waals surface area contributed by atoms with Crippen molar-refractivity contribution in [1.29, 1.82) is 0 Å². The third-order valence-corrected chi connectivity index (χ3v) is 4.34. The van der Waals surface area contributed by atoms with Crippen molar-refractivity contribution in [2.24, 2.45) is 0 Å². The third-order valence-electron chi connectivity index (χ3n) is 3.16. The van der Waals surface area contributed by atoms with Crippen molar-refractivity contribution in [3.63, 3.8) is 0 Å². The van der Waals surface area contributed by atoms with Crippen molar-refractivity contribution >= 4 is 27.5 Å². The Kier molecular flexibility index (Phi) is 3.71. The molecule has 0 aromatic carbocycles. The van der Waals surface area contributed by atoms with E-state index in [-0.39, 0.29) is 11.5 Å². The van der Waals surface area contributed by atoms with Crippen LogP contribution in [0.5, 0.6) is 0 Å². The van der Waals surface area contributed by atoms with Gasteiger partial charge >= 0.3 is 0 Å². The molecule has 0 aliphatic carbocycles. The Labute approximate surface area is 115 Å². The number of fused-ring (bicyclic) bond motifs is 1. The number of aryl methyl sites for hydroxylation is 2. The van der Waals surface area contributed by atoms with Crippen LogP contribution in [0.4, 0.5) is 0 Å². The summed E-state index contributed by atoms with van der Waals surface area (Å²) < 4.78 is 0. The van der Waals surface area contributed by atoms with Crippen molar-refractivity contribution in [3.8, 4) is 0 Å². The highest BCUT2D eigenvalue weighted by atomic mass is 32.1. The van der Waals surface area contributed by atoms with Gasteiger partial charge in [0.2, 0.25) is 0 Å². The maximum atomic E-state index is 12.4. The summed E-state index contributed by atoms with van der Waals surface area (Å²) in [5.41, 5.74) is 0.556. The first kappa shape index (κ1) is 13.7. The second-order valence-electron chi connectivity index (χ2n) is 4.37. The SMILES string of the molecule is CCN(CC)C(=O)c1sc2nc(C)[nH]c(=O)c2c1C. The molecule has 0 saturated carbocycles. The van der Waals surface area contributed by atoms with Crippen molar-refractivity contribution in [2.45, 2.75) is 27.7 Å². The van der Waals surface area contributed by atoms with Gasteiger partial charge in [0.05, 0.1) is 10.3 Å². The van der Waals surface area contributed by atoms with Crippen LogP contribution in [0.2, 0.25) is 0 Å². The Hall–Kier alpha value is -1.69. The number of aromatic nitrogens is 2. The van der Waals surface area contributed by atoms with Crippen molar-refractivity contribution in [3.05, 3.63) is 26.6 Å². The number of amides is 1. The van der Waals surface area contributed by atoms with E-state index in [9.17, 15) is 9.59 Å². The van der Waals surface area contributed by atoms with E-state index in [1.165, 1.54) is 11.3 Å². The van der Waals surface area contributed by atoms with E-state index in [1.54, 1.807) is 11.8 Å². The quantitative estimate of drug-likeness (QED) is 0.935. The Morgan fingerprint density at radius 3 is 2.53 bits per heavy atom. The zero-order valence-corrected chi connectivity index (χ0v) is 12.3. The lowest BCUT2D eigenvalue weighted by Gasteiger charge is -2.17. The molecular formula is C13H17N3O2S. The highest BCUT2D eigenvalue weighted by molar-refractivity contribution is 7.20. The highest BCUT2D eigenvalue weighted by Gasteiger charge is 2.21. The summed E-state index contributed by atoms with van der Waals surface area (Å²) in [6.45, 7) is 8.75. The Morgan fingerprint density at radius 2 is 1.95 bits per heavy atom. The number of rotatable bonds is 3. The van der Waals surface area contributed by atoms with Gasteiger partial charge in [0.15, 0.2) is 0 Å². The van der Waals surface area contributed by atoms with Gasteiger partial charge < -0.3 is 9.88 Å². The first-order valence-electron chi connectivity index (χ1n) is 6.28. The standard InChI is InChI=1S/C13H17N3O2S/c1-5-16(6-2)13(18)10-7(3)9-11(17)14-8(4)15-12(9)19-10/h5-6H2,1-4H3,(H,14,15,17). The van der Waals surface area contributed by atoms with Crippen LogP contribution in [0.3, 0.4) is 0 Å². The summed E-state index contributed by atoms with van der Waals surface area (Å²) in [4.78, 5) is 34.3. The van der Waals surface area contributed by atoms with E-state index in [0.717, 1.165) is 5.56 Å². The van der Waals surface area contributed by atoms with Gasteiger partial charge in [0.25, 0.3) is 11.5 Å². The van der Waals surface area contributed by atoms with Crippen molar-refractivity contribution in [2.75, 3.05) is 13.1 Å². The number of hydrogen-bond donors (Lipinski definition) is 1. The molecule has 0 fully saturated rings. The van der Waals surface area contributed by atoms with Gasteiger partial charge in [-0.25, -0.2) is 4.98 Å². The number of thiophene rings is 1. The fraction of sp³-hybridized carbons (Fsp3) is 0.462. The molecular weight excluding hydrogens is 262 g/mol. The fourth-order valence-electron chi connectivity index (χ4n) is 2.11. The highest BCUT2D eigenvalue weighted by Crippen LogP contribution is 2.27. The number of nitrogens with zero attached hydrogens (tertiary/aromatic N) is 2. The van der Waals surface area contributed by atoms with Crippen LogP contribution < -0.4 is 5.56 Å². The van der Waals surface area contributed by atoms with Gasteiger partial charge in [-0.2, -0.15) is 0 Å². The van der Waals surface area contributed by atoms with Gasteiger partial charge in [-0.3, -0.25) is 9.59 Å². The number of hydrogen-bond acceptors (Lipinski definition) is 4. The molecule has 0 aliphatic rings. The fourth-order valence-corrected chi connectivity index (χ4v) is 3.31. The summed E-state index contributed by atoms with van der Waals surface area (Å²) >= 11 is 1.30. The monoisotopic (exact) mass is 279 g/mol. The second-order valence-corrected chi connectivity index (χ2v) is 5.36. The lowest BCUT2D eigenvalue weighted by atomic mass is 10.2. The topological polar surface area (TPSA) is 66.1 Å². The van der Waals surface area contributed by atoms with Crippen LogP contribution in [0.1, 0.15) is 34.9 Å². The molecule has 0 atom stereocenters. The molecule has 1 amide bonds. The van der Waals surface area contributed by atoms with E-state index in [2.05, 4.69) is 9.97 Å². The lowest BCUT2D eigenvalue weighted by Crippen LogP contribution is -2.30. The summed E-state index contributed by atoms with van der Waals surface area (Å²) in [6.07, 6.45) is 0. The third kappa shape index (κ3) is 2.28. The minimum absolute atomic E-state index is 0.0254. The summed E-state index contributed by atoms with van der Waals surface area (Å²) in [6, 6.07) is 0. The van der Waals surface area contributed by atoms with Gasteiger partial charge in [0.1, 0.15) is 10.7 Å². The van der Waals surface area contributed by atoms with Crippen LogP contribution in [0.15, 0.2) is 4.79 Å². The Balaban J connectivity index is 2.63. The first-order chi connectivity index (χ1) is 8.99. The predicted molar refractivity (Wildman–Crippen MR) is 77.0 cm³/mol. The van der Waals surface area contributed by atoms with Gasteiger partial charge in [0, 0.05) is 13.1 Å². The maximum Gasteiger partial charge on any atom is 0.264 e. The van der Waals surface area contributed by atoms with Crippen LogP contribution in [-0.2, 0) is 0 Å². The molecule has 0 radical (unpaired) electrons. The minimum Gasteiger partial charge on any atom is -0.338 e. The number of carbonyl (C=O) groups excluding carboxylic acids is 1. The Bertz CT molecular complexity index is 683. The molecule has 0 unspecified atom stereocenters. The number of carbonyl (C=O) groups is 1. The molecule has 5 nitrogen and oxygen atoms in total. The molecule has 1 N–H and O–H groups in total. The van der Waals surface area contributed by atoms with Crippen LogP contribution in [0.25, 0.3) is 10.2 Å². The van der Waals surface area contributed by atoms with E-state index in [0.29, 0.717) is 34.0 Å². The molecule has 0 bridgehead atoms. The first-order valence-corrected chi connectivity index (χ1v) is 7.10. The maximum absolute atomic E-state index is 12.4. The molecule has 6 heteroatoms. The Morgan fingerprint density at radius 1 is 1.32 bits per heavy atom. The molecule has 2 aromatic heterocycles. The largest absolute Gasteiger partial charge is 0.338 e. The zero-order chi connectivity index (χ0) is 14.2. The van der Waals surface area contributed by atoms with E-state index >= 15 is 0 Å². The number of aromatic amines is 1. The normalized spacial score (nSPS) is 10.9. The average molecular weight is 279 g/mol. The molecule has 2 aromatic rings. The van der Waals surface area contributed by atoms with Crippen LogP contribution in [-0.4, -0.2) is 33.9 Å². The second kappa shape index (κ2) is 5.13. The van der Waals surface area contributed by atoms with E-state index in [1.807, 2.05) is 20.8 Å². The lowest BCUT2D eigenvalue weighted by molar-refractivity contribution is 0.0777. The summed E-state index contributed by atoms with van der Waals surface area (Å²) in [5, 5.41) is 0.533. The van der Waals surface area contributed by atoms with Crippen molar-refractivity contribution < 1.29 is 4.79 Å². The minimum atomic E-state index is -0.171. The summed E-state index contributed by atoms with van der Waals surface area (Å²) in [7, 11) is 0. The predicted octanol–water partition coefficient (Wildman–Crippen LogP) is 2.08. The van der Waals surface area contributed by atoms with Crippen molar-refractivity contribution in [1.82, 2.24) is 14.9 Å². The van der Waals surface area contributed by atoms with E-state index < -0.39 is 0 Å². The summed E-state index contributed by atoms with van der Waals surface area (Å²) in [5.74, 6) is 0.545. The average Bonchev–Trinajstić information content (AvgIpc) is 2.67. The molecule has 19 heavy (non-hydrogen) atoms. The molecule has 0 spiro atoms. The molecule has 0 aliphatic heterocycles. The smallest absolute Gasteiger partial charge is 0.264 e. The van der Waals surface area contributed by atoms with Gasteiger partial charge in [-0.1, -0.05) is 0 Å². The number of H-pyrrole nitrogens is 1. The molecule has 102 valence electrons. The zero-order valence-electron chi connectivity index (χ0n) is 11.5. The van der Waals surface area contributed by atoms with Crippen LogP contribution >= 0.6 is 11.3 Å². The molecule has 0 saturated heterocycles. The number of nitrogens with one attached hydrogen (secondary N) is 1. The van der Waals surface area contributed by atoms with Gasteiger partial charge in [-0.15, -0.1) is 11.3 Å². The molecule has 2 heterocycles. The van der Waals surface area contributed by atoms with E-state index in [4.69, 9.17) is 0 Å².